The number of carbonyl (C=O) groups is 1. The Labute approximate surface area is 149 Å². The molecule has 1 amide bonds. The number of aliphatic hydroxyl groups is 1. The lowest BCUT2D eigenvalue weighted by Gasteiger charge is -2.40. The van der Waals surface area contributed by atoms with Crippen molar-refractivity contribution in [2.24, 2.45) is 5.92 Å². The average molecular weight is 341 g/mol. The van der Waals surface area contributed by atoms with Gasteiger partial charge in [0, 0.05) is 38.4 Å². The first kappa shape index (κ1) is 17.7. The van der Waals surface area contributed by atoms with Crippen molar-refractivity contribution >= 4 is 5.91 Å². The van der Waals surface area contributed by atoms with Gasteiger partial charge in [0.15, 0.2) is 5.60 Å². The smallest absolute Gasteiger partial charge is 0.259 e. The first-order valence-electron chi connectivity index (χ1n) is 9.11. The molecule has 0 saturated heterocycles. The average Bonchev–Trinajstić information content (AvgIpc) is 3.20. The van der Waals surface area contributed by atoms with Crippen LogP contribution in [0.3, 0.4) is 0 Å². The highest BCUT2D eigenvalue weighted by Crippen LogP contribution is 2.40. The van der Waals surface area contributed by atoms with Crippen LogP contribution in [0.5, 0.6) is 0 Å². The molecule has 1 aliphatic rings. The summed E-state index contributed by atoms with van der Waals surface area (Å²) in [5, 5.41) is 11.6. The molecule has 134 valence electrons. The number of aromatic nitrogens is 2. The summed E-state index contributed by atoms with van der Waals surface area (Å²) in [6.45, 7) is 1.20. The van der Waals surface area contributed by atoms with E-state index in [1.54, 1.807) is 24.5 Å². The molecule has 3 rings (SSSR count). The summed E-state index contributed by atoms with van der Waals surface area (Å²) in [6, 6.07) is 9.44. The number of hydrogen-bond acceptors (Lipinski definition) is 3. The van der Waals surface area contributed by atoms with Crippen molar-refractivity contribution in [2.75, 3.05) is 13.6 Å². The minimum Gasteiger partial charge on any atom is -0.375 e. The number of carbonyl (C=O) groups excluding carboxylic acids is 1. The van der Waals surface area contributed by atoms with Gasteiger partial charge in [-0.05, 0) is 18.4 Å². The second-order valence-electron chi connectivity index (χ2n) is 6.99. The van der Waals surface area contributed by atoms with Gasteiger partial charge in [-0.2, -0.15) is 0 Å². The molecule has 1 heterocycles. The Kier molecular flexibility index (Phi) is 5.53. The quantitative estimate of drug-likeness (QED) is 0.879. The number of benzene rings is 1. The van der Waals surface area contributed by atoms with E-state index in [0.29, 0.717) is 18.7 Å². The van der Waals surface area contributed by atoms with E-state index in [1.807, 2.05) is 41.1 Å². The monoisotopic (exact) mass is 341 g/mol. The summed E-state index contributed by atoms with van der Waals surface area (Å²) >= 11 is 0. The molecular weight excluding hydrogens is 314 g/mol. The lowest BCUT2D eigenvalue weighted by Crippen LogP contribution is -2.51. The summed E-state index contributed by atoms with van der Waals surface area (Å²) in [5.74, 6) is -0.224. The zero-order valence-electron chi connectivity index (χ0n) is 14.8. The lowest BCUT2D eigenvalue weighted by atomic mass is 9.72. The van der Waals surface area contributed by atoms with Crippen molar-refractivity contribution < 1.29 is 9.90 Å². The minimum atomic E-state index is -1.44. The second-order valence-corrected chi connectivity index (χ2v) is 6.99. The molecule has 1 fully saturated rings. The van der Waals surface area contributed by atoms with Gasteiger partial charge in [0.2, 0.25) is 0 Å². The summed E-state index contributed by atoms with van der Waals surface area (Å²) in [6.07, 6.45) is 10.5. The topological polar surface area (TPSA) is 58.4 Å². The third-order valence-electron chi connectivity index (χ3n) is 5.34. The molecule has 0 bridgehead atoms. The molecular formula is C20H27N3O2. The van der Waals surface area contributed by atoms with Crippen LogP contribution in [-0.4, -0.2) is 39.1 Å². The molecule has 1 N–H and O–H groups in total. The van der Waals surface area contributed by atoms with Crippen LogP contribution in [-0.2, 0) is 16.9 Å². The fraction of sp³-hybridized carbons (Fsp3) is 0.500. The van der Waals surface area contributed by atoms with Crippen LogP contribution < -0.4 is 0 Å². The van der Waals surface area contributed by atoms with E-state index in [2.05, 4.69) is 4.98 Å². The first-order valence-corrected chi connectivity index (χ1v) is 9.11. The van der Waals surface area contributed by atoms with Crippen LogP contribution in [0.1, 0.15) is 37.7 Å². The largest absolute Gasteiger partial charge is 0.375 e. The van der Waals surface area contributed by atoms with E-state index in [9.17, 15) is 9.90 Å². The van der Waals surface area contributed by atoms with Crippen molar-refractivity contribution in [3.63, 3.8) is 0 Å². The Balaban J connectivity index is 1.81. The highest BCUT2D eigenvalue weighted by molar-refractivity contribution is 5.86. The van der Waals surface area contributed by atoms with E-state index in [4.69, 9.17) is 0 Å². The molecule has 5 nitrogen and oxygen atoms in total. The van der Waals surface area contributed by atoms with Crippen LogP contribution in [0.4, 0.5) is 0 Å². The Bertz CT molecular complexity index is 666. The molecule has 1 unspecified atom stereocenters. The minimum absolute atomic E-state index is 0.0214. The number of imidazole rings is 1. The predicted octanol–water partition coefficient (Wildman–Crippen LogP) is 2.81. The van der Waals surface area contributed by atoms with Crippen molar-refractivity contribution in [1.29, 1.82) is 0 Å². The molecule has 5 heteroatoms. The van der Waals surface area contributed by atoms with Gasteiger partial charge >= 0.3 is 0 Å². The highest BCUT2D eigenvalue weighted by Gasteiger charge is 2.46. The fourth-order valence-corrected chi connectivity index (χ4v) is 3.82. The standard InChI is InChI=1S/C20H27N3O2/c1-22(14-15-23-13-12-21-16-23)19(24)20(25,17-8-4-2-5-9-17)18-10-6-3-7-11-18/h2,4-5,8-9,12-13,16,18,25H,3,6-7,10-11,14-15H2,1H3. The molecule has 1 aliphatic carbocycles. The van der Waals surface area contributed by atoms with E-state index in [-0.39, 0.29) is 11.8 Å². The number of rotatable bonds is 6. The molecule has 1 atom stereocenters. The lowest BCUT2D eigenvalue weighted by molar-refractivity contribution is -0.160. The third kappa shape index (κ3) is 3.76. The van der Waals surface area contributed by atoms with E-state index in [1.165, 1.54) is 6.42 Å². The highest BCUT2D eigenvalue weighted by atomic mass is 16.3. The number of likely N-dealkylation sites (N-methyl/N-ethyl adjacent to an activating group) is 1. The Morgan fingerprint density at radius 3 is 2.64 bits per heavy atom. The Morgan fingerprint density at radius 1 is 1.28 bits per heavy atom. The van der Waals surface area contributed by atoms with Crippen molar-refractivity contribution in [3.05, 3.63) is 54.6 Å². The number of amides is 1. The molecule has 1 saturated carbocycles. The normalized spacial score (nSPS) is 17.8. The van der Waals surface area contributed by atoms with E-state index < -0.39 is 5.60 Å². The summed E-state index contributed by atoms with van der Waals surface area (Å²) < 4.78 is 1.94. The molecule has 2 aromatic rings. The summed E-state index contributed by atoms with van der Waals surface area (Å²) in [7, 11) is 1.77. The van der Waals surface area contributed by atoms with Crippen LogP contribution in [0.15, 0.2) is 49.1 Å². The molecule has 0 radical (unpaired) electrons. The number of nitrogens with zero attached hydrogens (tertiary/aromatic N) is 3. The maximum Gasteiger partial charge on any atom is 0.259 e. The summed E-state index contributed by atoms with van der Waals surface area (Å²) in [4.78, 5) is 19.0. The predicted molar refractivity (Wildman–Crippen MR) is 96.8 cm³/mol. The van der Waals surface area contributed by atoms with Crippen molar-refractivity contribution in [2.45, 2.75) is 44.2 Å². The maximum absolute atomic E-state index is 13.3. The summed E-state index contributed by atoms with van der Waals surface area (Å²) in [5.41, 5.74) is -0.730. The maximum atomic E-state index is 13.3. The zero-order valence-corrected chi connectivity index (χ0v) is 14.8. The number of hydrogen-bond donors (Lipinski definition) is 1. The van der Waals surface area contributed by atoms with Crippen LogP contribution in [0, 0.1) is 5.92 Å². The molecule has 25 heavy (non-hydrogen) atoms. The van der Waals surface area contributed by atoms with Crippen LogP contribution in [0.2, 0.25) is 0 Å². The van der Waals surface area contributed by atoms with Crippen LogP contribution >= 0.6 is 0 Å². The van der Waals surface area contributed by atoms with Gasteiger partial charge in [0.05, 0.1) is 6.33 Å². The Morgan fingerprint density at radius 2 is 2.00 bits per heavy atom. The van der Waals surface area contributed by atoms with Gasteiger partial charge in [0.1, 0.15) is 0 Å². The van der Waals surface area contributed by atoms with Crippen LogP contribution in [0.25, 0.3) is 0 Å². The van der Waals surface area contributed by atoms with Gasteiger partial charge in [-0.3, -0.25) is 4.79 Å². The van der Waals surface area contributed by atoms with Crippen molar-refractivity contribution in [3.8, 4) is 0 Å². The SMILES string of the molecule is CN(CCn1ccnc1)C(=O)C(O)(c1ccccc1)C1CCCCC1. The molecule has 0 spiro atoms. The Hall–Kier alpha value is -2.14. The van der Waals surface area contributed by atoms with Crippen molar-refractivity contribution in [1.82, 2.24) is 14.5 Å². The third-order valence-corrected chi connectivity index (χ3v) is 5.34. The van der Waals surface area contributed by atoms with Gasteiger partial charge in [-0.15, -0.1) is 0 Å². The van der Waals surface area contributed by atoms with Gasteiger partial charge in [-0.25, -0.2) is 4.98 Å². The van der Waals surface area contributed by atoms with Gasteiger partial charge in [-0.1, -0.05) is 49.6 Å². The van der Waals surface area contributed by atoms with Gasteiger partial charge < -0.3 is 14.6 Å². The van der Waals surface area contributed by atoms with E-state index in [0.717, 1.165) is 25.7 Å². The molecule has 1 aromatic carbocycles. The second kappa shape index (κ2) is 7.83. The fourth-order valence-electron chi connectivity index (χ4n) is 3.82. The van der Waals surface area contributed by atoms with E-state index >= 15 is 0 Å². The van der Waals surface area contributed by atoms with Gasteiger partial charge in [0.25, 0.3) is 5.91 Å². The first-order chi connectivity index (χ1) is 12.1. The molecule has 1 aromatic heterocycles. The zero-order chi connectivity index (χ0) is 17.7. The molecule has 0 aliphatic heterocycles.